The van der Waals surface area contributed by atoms with E-state index in [1.54, 1.807) is 17.7 Å². The molecule has 1 spiro atoms. The number of nitrogens with zero attached hydrogens (tertiary/aromatic N) is 6. The molecule has 2 atom stereocenters. The van der Waals surface area contributed by atoms with E-state index in [4.69, 9.17) is 4.98 Å². The fraction of sp³-hybridized carbons (Fsp3) is 0.609. The van der Waals surface area contributed by atoms with E-state index in [0.717, 1.165) is 30.2 Å². The van der Waals surface area contributed by atoms with Crippen LogP contribution in [0.15, 0.2) is 24.8 Å². The maximum absolute atomic E-state index is 4.70. The third-order valence-electron chi connectivity index (χ3n) is 7.17. The number of rotatable bonds is 6. The van der Waals surface area contributed by atoms with E-state index in [2.05, 4.69) is 59.1 Å². The fourth-order valence-corrected chi connectivity index (χ4v) is 6.35. The number of aryl methyl sites for hydroxylation is 2. The molecular weight excluding hydrogens is 392 g/mol. The van der Waals surface area contributed by atoms with E-state index in [-0.39, 0.29) is 0 Å². The summed E-state index contributed by atoms with van der Waals surface area (Å²) < 4.78 is 1.93. The van der Waals surface area contributed by atoms with Gasteiger partial charge < -0.3 is 4.90 Å². The molecule has 0 unspecified atom stereocenters. The summed E-state index contributed by atoms with van der Waals surface area (Å²) in [6, 6.07) is 2.77. The second-order valence-corrected chi connectivity index (χ2v) is 10.5. The van der Waals surface area contributed by atoms with Crippen LogP contribution in [0, 0.1) is 11.3 Å². The number of thiophene rings is 1. The third kappa shape index (κ3) is 3.32. The summed E-state index contributed by atoms with van der Waals surface area (Å²) in [5.41, 5.74) is 1.76. The highest BCUT2D eigenvalue weighted by atomic mass is 32.1. The number of likely N-dealkylation sites (tertiary alicyclic amines) is 1. The van der Waals surface area contributed by atoms with Crippen LogP contribution >= 0.6 is 11.3 Å². The Bertz CT molecular complexity index is 1030. The Kier molecular flexibility index (Phi) is 5.06. The zero-order valence-electron chi connectivity index (χ0n) is 18.5. The highest BCUT2D eigenvalue weighted by Crippen LogP contribution is 2.47. The molecule has 6 nitrogen and oxygen atoms in total. The molecule has 5 rings (SSSR count). The van der Waals surface area contributed by atoms with Crippen molar-refractivity contribution >= 4 is 27.4 Å². The smallest absolute Gasteiger partial charge is 0.140 e. The maximum atomic E-state index is 4.70. The molecule has 2 saturated heterocycles. The molecule has 3 aromatic rings. The van der Waals surface area contributed by atoms with E-state index in [0.29, 0.717) is 17.4 Å². The van der Waals surface area contributed by atoms with Crippen LogP contribution in [0.3, 0.4) is 0 Å². The molecular formula is C23H32N6S. The first kappa shape index (κ1) is 19.9. The molecule has 2 aliphatic rings. The molecule has 0 bridgehead atoms. The average molecular weight is 425 g/mol. The summed E-state index contributed by atoms with van der Waals surface area (Å²) in [5.74, 6) is 1.76. The van der Waals surface area contributed by atoms with Gasteiger partial charge in [0.05, 0.1) is 11.6 Å². The SMILES string of the molecule is CCc1cc2c(N3CCC4(C3)CN([C@H](c3cnn(C)c3)[C@H](C)CC)C4)ncnc2s1. The predicted molar refractivity (Wildman–Crippen MR) is 123 cm³/mol. The van der Waals surface area contributed by atoms with Gasteiger partial charge in [0.1, 0.15) is 17.0 Å². The van der Waals surface area contributed by atoms with Crippen molar-refractivity contribution in [1.82, 2.24) is 24.6 Å². The Hall–Kier alpha value is -1.99. The van der Waals surface area contributed by atoms with Gasteiger partial charge in [-0.3, -0.25) is 9.58 Å². The summed E-state index contributed by atoms with van der Waals surface area (Å²) in [6.45, 7) is 11.4. The Morgan fingerprint density at radius 2 is 2.03 bits per heavy atom. The van der Waals surface area contributed by atoms with Gasteiger partial charge in [-0.25, -0.2) is 9.97 Å². The largest absolute Gasteiger partial charge is 0.355 e. The second-order valence-electron chi connectivity index (χ2n) is 9.34. The molecule has 0 aromatic carbocycles. The third-order valence-corrected chi connectivity index (χ3v) is 8.35. The van der Waals surface area contributed by atoms with Crippen LogP contribution in [-0.4, -0.2) is 50.8 Å². The Balaban J connectivity index is 1.33. The first-order valence-corrected chi connectivity index (χ1v) is 12.0. The lowest BCUT2D eigenvalue weighted by Crippen LogP contribution is -2.59. The molecule has 0 aliphatic carbocycles. The lowest BCUT2D eigenvalue weighted by Gasteiger charge is -2.52. The van der Waals surface area contributed by atoms with Crippen LogP contribution in [-0.2, 0) is 13.5 Å². The van der Waals surface area contributed by atoms with Gasteiger partial charge in [0.2, 0.25) is 0 Å². The summed E-state index contributed by atoms with van der Waals surface area (Å²) >= 11 is 1.81. The van der Waals surface area contributed by atoms with Crippen molar-refractivity contribution in [2.75, 3.05) is 31.1 Å². The van der Waals surface area contributed by atoms with Crippen molar-refractivity contribution in [2.45, 2.75) is 46.1 Å². The van der Waals surface area contributed by atoms with E-state index < -0.39 is 0 Å². The molecule has 0 saturated carbocycles. The summed E-state index contributed by atoms with van der Waals surface area (Å²) in [7, 11) is 2.01. The average Bonchev–Trinajstić information content (AvgIpc) is 3.45. The van der Waals surface area contributed by atoms with Gasteiger partial charge in [-0.15, -0.1) is 11.3 Å². The van der Waals surface area contributed by atoms with Crippen molar-refractivity contribution < 1.29 is 0 Å². The number of fused-ring (bicyclic) bond motifs is 1. The molecule has 7 heteroatoms. The normalized spacial score (nSPS) is 20.7. The molecule has 30 heavy (non-hydrogen) atoms. The number of anilines is 1. The van der Waals surface area contributed by atoms with Crippen molar-refractivity contribution in [3.63, 3.8) is 0 Å². The molecule has 0 amide bonds. The molecule has 160 valence electrons. The maximum Gasteiger partial charge on any atom is 0.140 e. The van der Waals surface area contributed by atoms with Crippen LogP contribution in [0.25, 0.3) is 10.2 Å². The van der Waals surface area contributed by atoms with Crippen LogP contribution in [0.1, 0.15) is 50.1 Å². The monoisotopic (exact) mass is 424 g/mol. The molecule has 0 N–H and O–H groups in total. The Morgan fingerprint density at radius 1 is 1.20 bits per heavy atom. The van der Waals surface area contributed by atoms with E-state index in [1.807, 2.05) is 11.7 Å². The fourth-order valence-electron chi connectivity index (χ4n) is 5.42. The number of aromatic nitrogens is 4. The van der Waals surface area contributed by atoms with Gasteiger partial charge in [0.15, 0.2) is 0 Å². The summed E-state index contributed by atoms with van der Waals surface area (Å²) in [6.07, 6.45) is 9.49. The molecule has 2 fully saturated rings. The predicted octanol–water partition coefficient (Wildman–Crippen LogP) is 4.29. The topological polar surface area (TPSA) is 50.1 Å². The summed E-state index contributed by atoms with van der Waals surface area (Å²) in [5, 5.41) is 5.68. The molecule has 2 aliphatic heterocycles. The minimum Gasteiger partial charge on any atom is -0.355 e. The lowest BCUT2D eigenvalue weighted by atomic mass is 9.76. The first-order valence-electron chi connectivity index (χ1n) is 11.2. The van der Waals surface area contributed by atoms with Crippen LogP contribution in [0.4, 0.5) is 5.82 Å². The molecule has 5 heterocycles. The van der Waals surface area contributed by atoms with E-state index in [1.165, 1.54) is 41.8 Å². The summed E-state index contributed by atoms with van der Waals surface area (Å²) in [4.78, 5) is 16.9. The standard InChI is InChI=1S/C23H32N6S/c1-5-16(3)20(17-10-26-27(4)11-17)29-13-23(14-29)7-8-28(12-23)21-19-9-18(6-2)30-22(19)25-15-24-21/h9-11,15-16,20H,5-8,12-14H2,1-4H3/t16-,20+/m1/s1. The van der Waals surface area contributed by atoms with Gasteiger partial charge in [-0.2, -0.15) is 5.10 Å². The zero-order chi connectivity index (χ0) is 20.9. The van der Waals surface area contributed by atoms with E-state index in [9.17, 15) is 0 Å². The quantitative estimate of drug-likeness (QED) is 0.591. The van der Waals surface area contributed by atoms with Crippen molar-refractivity contribution in [2.24, 2.45) is 18.4 Å². The highest BCUT2D eigenvalue weighted by Gasteiger charge is 2.50. The molecule has 0 radical (unpaired) electrons. The van der Waals surface area contributed by atoms with Crippen LogP contribution in [0.2, 0.25) is 0 Å². The molecule has 3 aromatic heterocycles. The Morgan fingerprint density at radius 3 is 2.73 bits per heavy atom. The van der Waals surface area contributed by atoms with Gasteiger partial charge in [0.25, 0.3) is 0 Å². The minimum atomic E-state index is 0.398. The van der Waals surface area contributed by atoms with Crippen molar-refractivity contribution in [3.8, 4) is 0 Å². The van der Waals surface area contributed by atoms with Crippen LogP contribution < -0.4 is 4.90 Å². The van der Waals surface area contributed by atoms with E-state index >= 15 is 0 Å². The number of hydrogen-bond donors (Lipinski definition) is 0. The van der Waals surface area contributed by atoms with Gasteiger partial charge in [-0.05, 0) is 24.8 Å². The first-order chi connectivity index (χ1) is 14.5. The lowest BCUT2D eigenvalue weighted by molar-refractivity contribution is -0.0350. The van der Waals surface area contributed by atoms with Crippen molar-refractivity contribution in [3.05, 3.63) is 35.2 Å². The van der Waals surface area contributed by atoms with Gasteiger partial charge in [-0.1, -0.05) is 27.2 Å². The second kappa shape index (κ2) is 7.61. The van der Waals surface area contributed by atoms with Crippen LogP contribution in [0.5, 0.6) is 0 Å². The minimum absolute atomic E-state index is 0.398. The zero-order valence-corrected chi connectivity index (χ0v) is 19.3. The number of hydrogen-bond acceptors (Lipinski definition) is 6. The Labute approximate surface area is 182 Å². The van der Waals surface area contributed by atoms with Crippen molar-refractivity contribution in [1.29, 1.82) is 0 Å². The van der Waals surface area contributed by atoms with Gasteiger partial charge >= 0.3 is 0 Å². The highest BCUT2D eigenvalue weighted by molar-refractivity contribution is 7.18. The van der Waals surface area contributed by atoms with Gasteiger partial charge in [0, 0.05) is 61.3 Å².